The lowest BCUT2D eigenvalue weighted by atomic mass is 10.3. The molecule has 2 N–H and O–H groups in total. The summed E-state index contributed by atoms with van der Waals surface area (Å²) < 4.78 is 0. The van der Waals surface area contributed by atoms with Gasteiger partial charge in [-0.2, -0.15) is 4.98 Å². The zero-order valence-corrected chi connectivity index (χ0v) is 11.4. The van der Waals surface area contributed by atoms with Crippen molar-refractivity contribution < 1.29 is 4.79 Å². The Morgan fingerprint density at radius 1 is 1.50 bits per heavy atom. The van der Waals surface area contributed by atoms with Crippen LogP contribution in [-0.4, -0.2) is 43.1 Å². The summed E-state index contributed by atoms with van der Waals surface area (Å²) in [5.74, 6) is 1.32. The zero-order valence-electron chi connectivity index (χ0n) is 11.4. The highest BCUT2D eigenvalue weighted by Gasteiger charge is 2.11. The van der Waals surface area contributed by atoms with Crippen LogP contribution in [0.1, 0.15) is 18.9 Å². The summed E-state index contributed by atoms with van der Waals surface area (Å²) in [4.78, 5) is 21.9. The van der Waals surface area contributed by atoms with Crippen molar-refractivity contribution in [2.45, 2.75) is 20.3 Å². The molecule has 0 aliphatic rings. The van der Waals surface area contributed by atoms with Gasteiger partial charge in [-0.25, -0.2) is 4.98 Å². The number of aromatic nitrogens is 2. The topological polar surface area (TPSA) is 70.2 Å². The molecule has 0 saturated carbocycles. The first-order chi connectivity index (χ1) is 8.58. The molecule has 0 atom stereocenters. The lowest BCUT2D eigenvalue weighted by Crippen LogP contribution is -2.36. The van der Waals surface area contributed by atoms with Gasteiger partial charge in [-0.1, -0.05) is 6.92 Å². The fourth-order valence-corrected chi connectivity index (χ4v) is 1.55. The number of hydrogen-bond donors (Lipinski definition) is 2. The quantitative estimate of drug-likeness (QED) is 0.782. The maximum absolute atomic E-state index is 11.6. The van der Waals surface area contributed by atoms with Crippen LogP contribution in [0.5, 0.6) is 0 Å². The maximum atomic E-state index is 11.6. The average Bonchev–Trinajstić information content (AvgIpc) is 2.36. The van der Waals surface area contributed by atoms with Crippen molar-refractivity contribution in [1.82, 2.24) is 15.3 Å². The van der Waals surface area contributed by atoms with E-state index in [9.17, 15) is 4.79 Å². The van der Waals surface area contributed by atoms with Gasteiger partial charge < -0.3 is 15.5 Å². The molecule has 0 aliphatic heterocycles. The van der Waals surface area contributed by atoms with Crippen molar-refractivity contribution >= 4 is 17.7 Å². The summed E-state index contributed by atoms with van der Waals surface area (Å²) in [6, 6.07) is 0. The SMILES string of the molecule is CCCNC(=O)CN(C)c1nc(NC)ncc1C. The van der Waals surface area contributed by atoms with E-state index in [2.05, 4.69) is 20.6 Å². The number of likely N-dealkylation sites (N-methyl/N-ethyl adjacent to an activating group) is 1. The third-order valence-electron chi connectivity index (χ3n) is 2.48. The van der Waals surface area contributed by atoms with Crippen molar-refractivity contribution in [1.29, 1.82) is 0 Å². The molecule has 0 unspecified atom stereocenters. The molecule has 0 bridgehead atoms. The molecule has 1 amide bonds. The molecular formula is C12H21N5O. The normalized spacial score (nSPS) is 10.0. The van der Waals surface area contributed by atoms with E-state index in [-0.39, 0.29) is 5.91 Å². The van der Waals surface area contributed by atoms with Crippen LogP contribution in [0.3, 0.4) is 0 Å². The van der Waals surface area contributed by atoms with Gasteiger partial charge in [0, 0.05) is 32.4 Å². The summed E-state index contributed by atoms with van der Waals surface area (Å²) in [5.41, 5.74) is 0.944. The molecular weight excluding hydrogens is 230 g/mol. The number of carbonyl (C=O) groups is 1. The third kappa shape index (κ3) is 3.87. The van der Waals surface area contributed by atoms with Gasteiger partial charge in [0.25, 0.3) is 0 Å². The van der Waals surface area contributed by atoms with Crippen molar-refractivity contribution in [3.05, 3.63) is 11.8 Å². The summed E-state index contributed by atoms with van der Waals surface area (Å²) in [5, 5.41) is 5.73. The second kappa shape index (κ2) is 6.78. The Kier molecular flexibility index (Phi) is 5.35. The smallest absolute Gasteiger partial charge is 0.239 e. The maximum Gasteiger partial charge on any atom is 0.239 e. The van der Waals surface area contributed by atoms with Crippen molar-refractivity contribution in [3.63, 3.8) is 0 Å². The van der Waals surface area contributed by atoms with Gasteiger partial charge in [0.1, 0.15) is 5.82 Å². The molecule has 0 aliphatic carbocycles. The Balaban J connectivity index is 2.71. The van der Waals surface area contributed by atoms with Crippen LogP contribution in [0.25, 0.3) is 0 Å². The second-order valence-electron chi connectivity index (χ2n) is 4.16. The van der Waals surface area contributed by atoms with Crippen molar-refractivity contribution in [2.75, 3.05) is 37.4 Å². The van der Waals surface area contributed by atoms with E-state index in [1.54, 1.807) is 13.2 Å². The van der Waals surface area contributed by atoms with Gasteiger partial charge >= 0.3 is 0 Å². The van der Waals surface area contributed by atoms with Crippen LogP contribution in [0.15, 0.2) is 6.20 Å². The third-order valence-corrected chi connectivity index (χ3v) is 2.48. The van der Waals surface area contributed by atoms with E-state index < -0.39 is 0 Å². The van der Waals surface area contributed by atoms with E-state index >= 15 is 0 Å². The first kappa shape index (κ1) is 14.2. The molecule has 6 heteroatoms. The van der Waals surface area contributed by atoms with Gasteiger partial charge in [0.2, 0.25) is 11.9 Å². The Labute approximate surface area is 108 Å². The number of nitrogens with one attached hydrogen (secondary N) is 2. The molecule has 0 spiro atoms. The van der Waals surface area contributed by atoms with Crippen LogP contribution < -0.4 is 15.5 Å². The van der Waals surface area contributed by atoms with Gasteiger partial charge in [-0.15, -0.1) is 0 Å². The summed E-state index contributed by atoms with van der Waals surface area (Å²) in [7, 11) is 3.61. The average molecular weight is 251 g/mol. The van der Waals surface area contributed by atoms with E-state index in [0.717, 1.165) is 17.8 Å². The first-order valence-corrected chi connectivity index (χ1v) is 6.07. The number of amides is 1. The van der Waals surface area contributed by atoms with Crippen molar-refractivity contribution in [2.24, 2.45) is 0 Å². The fourth-order valence-electron chi connectivity index (χ4n) is 1.55. The minimum absolute atomic E-state index is 0.00312. The molecule has 100 valence electrons. The molecule has 0 saturated heterocycles. The number of aryl methyl sites for hydroxylation is 1. The summed E-state index contributed by atoms with van der Waals surface area (Å²) in [6.07, 6.45) is 2.68. The van der Waals surface area contributed by atoms with E-state index in [4.69, 9.17) is 0 Å². The Morgan fingerprint density at radius 3 is 2.83 bits per heavy atom. The number of carbonyl (C=O) groups excluding carboxylic acids is 1. The molecule has 1 heterocycles. The molecule has 6 nitrogen and oxygen atoms in total. The van der Waals surface area contributed by atoms with E-state index in [1.165, 1.54) is 0 Å². The summed E-state index contributed by atoms with van der Waals surface area (Å²) in [6.45, 7) is 4.95. The molecule has 0 radical (unpaired) electrons. The molecule has 1 rings (SSSR count). The Hall–Kier alpha value is -1.85. The van der Waals surface area contributed by atoms with Crippen molar-refractivity contribution in [3.8, 4) is 0 Å². The predicted octanol–water partition coefficient (Wildman–Crippen LogP) is 0.789. The number of hydrogen-bond acceptors (Lipinski definition) is 5. The van der Waals surface area contributed by atoms with E-state index in [1.807, 2.05) is 25.8 Å². The number of rotatable bonds is 6. The molecule has 0 fully saturated rings. The molecule has 1 aromatic heterocycles. The fraction of sp³-hybridized carbons (Fsp3) is 0.583. The monoisotopic (exact) mass is 251 g/mol. The van der Waals surface area contributed by atoms with Crippen LogP contribution >= 0.6 is 0 Å². The lowest BCUT2D eigenvalue weighted by molar-refractivity contribution is -0.119. The minimum Gasteiger partial charge on any atom is -0.357 e. The number of nitrogens with zero attached hydrogens (tertiary/aromatic N) is 3. The molecule has 18 heavy (non-hydrogen) atoms. The van der Waals surface area contributed by atoms with Gasteiger partial charge in [0.15, 0.2) is 0 Å². The highest BCUT2D eigenvalue weighted by atomic mass is 16.2. The molecule has 1 aromatic rings. The standard InChI is InChI=1S/C12H21N5O/c1-5-6-14-10(18)8-17(4)11-9(2)7-15-12(13-3)16-11/h7H,5-6,8H2,1-4H3,(H,14,18)(H,13,15,16). The first-order valence-electron chi connectivity index (χ1n) is 6.07. The largest absolute Gasteiger partial charge is 0.357 e. The minimum atomic E-state index is 0.00312. The Morgan fingerprint density at radius 2 is 2.22 bits per heavy atom. The zero-order chi connectivity index (χ0) is 13.5. The van der Waals surface area contributed by atoms with Crippen LogP contribution in [0.2, 0.25) is 0 Å². The second-order valence-corrected chi connectivity index (χ2v) is 4.16. The van der Waals surface area contributed by atoms with Gasteiger partial charge in [-0.3, -0.25) is 4.79 Å². The Bertz CT molecular complexity index is 407. The van der Waals surface area contributed by atoms with Gasteiger partial charge in [0.05, 0.1) is 6.54 Å². The lowest BCUT2D eigenvalue weighted by Gasteiger charge is -2.19. The van der Waals surface area contributed by atoms with E-state index in [0.29, 0.717) is 19.0 Å². The van der Waals surface area contributed by atoms with Crippen LogP contribution in [0.4, 0.5) is 11.8 Å². The van der Waals surface area contributed by atoms with Crippen LogP contribution in [-0.2, 0) is 4.79 Å². The molecule has 0 aromatic carbocycles. The van der Waals surface area contributed by atoms with Crippen LogP contribution in [0, 0.1) is 6.92 Å². The number of anilines is 2. The predicted molar refractivity (Wildman–Crippen MR) is 72.9 cm³/mol. The summed E-state index contributed by atoms with van der Waals surface area (Å²) >= 11 is 0. The van der Waals surface area contributed by atoms with Gasteiger partial charge in [-0.05, 0) is 13.3 Å². The highest BCUT2D eigenvalue weighted by molar-refractivity contribution is 5.81. The highest BCUT2D eigenvalue weighted by Crippen LogP contribution is 2.15.